The first-order valence-electron chi connectivity index (χ1n) is 3.13. The molecule has 0 aromatic carbocycles. The lowest BCUT2D eigenvalue weighted by atomic mass is 10.6. The van der Waals surface area contributed by atoms with Crippen molar-refractivity contribution in [2.24, 2.45) is 7.05 Å². The Morgan fingerprint density at radius 3 is 3.09 bits per heavy atom. The van der Waals surface area contributed by atoms with Gasteiger partial charge in [-0.25, -0.2) is 4.68 Å². The molecular formula is C5H8N4OS. The third kappa shape index (κ3) is 2.30. The molecule has 0 saturated carbocycles. The topological polar surface area (TPSA) is 60.7 Å². The zero-order valence-electron chi connectivity index (χ0n) is 6.10. The van der Waals surface area contributed by atoms with Gasteiger partial charge in [-0.2, -0.15) is 0 Å². The SMILES string of the molecule is Cn1nnnc1SCCC=O. The minimum absolute atomic E-state index is 0.539. The lowest BCUT2D eigenvalue weighted by Gasteiger charge is -1.93. The van der Waals surface area contributed by atoms with Crippen LogP contribution in [0.1, 0.15) is 6.42 Å². The van der Waals surface area contributed by atoms with Gasteiger partial charge in [0.1, 0.15) is 6.29 Å². The van der Waals surface area contributed by atoms with E-state index in [1.54, 1.807) is 11.7 Å². The highest BCUT2D eigenvalue weighted by molar-refractivity contribution is 7.99. The number of tetrazole rings is 1. The zero-order chi connectivity index (χ0) is 8.10. The number of hydrogen-bond acceptors (Lipinski definition) is 5. The monoisotopic (exact) mass is 172 g/mol. The van der Waals surface area contributed by atoms with Crippen molar-refractivity contribution in [1.29, 1.82) is 0 Å². The number of hydrogen-bond donors (Lipinski definition) is 0. The average Bonchev–Trinajstić information content (AvgIpc) is 2.37. The first-order chi connectivity index (χ1) is 5.34. The van der Waals surface area contributed by atoms with E-state index in [0.29, 0.717) is 6.42 Å². The molecule has 0 amide bonds. The van der Waals surface area contributed by atoms with Crippen LogP contribution in [0.2, 0.25) is 0 Å². The van der Waals surface area contributed by atoms with Gasteiger partial charge in [-0.15, -0.1) is 5.10 Å². The van der Waals surface area contributed by atoms with Crippen molar-refractivity contribution >= 4 is 18.0 Å². The van der Waals surface area contributed by atoms with Crippen LogP contribution in [-0.4, -0.2) is 32.2 Å². The Bertz CT molecular complexity index is 236. The molecule has 0 atom stereocenters. The molecule has 1 rings (SSSR count). The molecule has 0 spiro atoms. The summed E-state index contributed by atoms with van der Waals surface area (Å²) < 4.78 is 1.58. The van der Waals surface area contributed by atoms with Crippen molar-refractivity contribution in [1.82, 2.24) is 20.2 Å². The van der Waals surface area contributed by atoms with Crippen molar-refractivity contribution in [2.75, 3.05) is 5.75 Å². The quantitative estimate of drug-likeness (QED) is 0.360. The second-order valence-electron chi connectivity index (χ2n) is 1.89. The minimum Gasteiger partial charge on any atom is -0.303 e. The van der Waals surface area contributed by atoms with E-state index in [-0.39, 0.29) is 0 Å². The van der Waals surface area contributed by atoms with E-state index in [1.165, 1.54) is 11.8 Å². The van der Waals surface area contributed by atoms with Crippen LogP contribution in [0.5, 0.6) is 0 Å². The summed E-state index contributed by atoms with van der Waals surface area (Å²) in [5.74, 6) is 0.734. The first kappa shape index (κ1) is 8.19. The molecule has 0 aliphatic rings. The Hall–Kier alpha value is -0.910. The molecule has 0 N–H and O–H groups in total. The zero-order valence-corrected chi connectivity index (χ0v) is 6.91. The summed E-state index contributed by atoms with van der Waals surface area (Å²) in [4.78, 5) is 9.95. The highest BCUT2D eigenvalue weighted by Crippen LogP contribution is 2.11. The molecule has 0 aliphatic carbocycles. The van der Waals surface area contributed by atoms with Gasteiger partial charge in [0.2, 0.25) is 5.16 Å². The Balaban J connectivity index is 2.38. The fraction of sp³-hybridized carbons (Fsp3) is 0.600. The van der Waals surface area contributed by atoms with Crippen molar-refractivity contribution in [3.8, 4) is 0 Å². The van der Waals surface area contributed by atoms with Gasteiger partial charge in [-0.3, -0.25) is 0 Å². The molecular weight excluding hydrogens is 164 g/mol. The third-order valence-electron chi connectivity index (χ3n) is 1.05. The lowest BCUT2D eigenvalue weighted by Crippen LogP contribution is -1.93. The van der Waals surface area contributed by atoms with E-state index in [1.807, 2.05) is 0 Å². The van der Waals surface area contributed by atoms with E-state index >= 15 is 0 Å². The maximum absolute atomic E-state index is 9.95. The lowest BCUT2D eigenvalue weighted by molar-refractivity contribution is -0.107. The summed E-state index contributed by atoms with van der Waals surface area (Å²) in [5.41, 5.74) is 0. The summed E-state index contributed by atoms with van der Waals surface area (Å²) in [6, 6.07) is 0. The summed E-state index contributed by atoms with van der Waals surface area (Å²) in [6.07, 6.45) is 1.42. The number of carbonyl (C=O) groups is 1. The number of rotatable bonds is 4. The molecule has 0 saturated heterocycles. The van der Waals surface area contributed by atoms with Gasteiger partial charge in [-0.05, 0) is 10.4 Å². The van der Waals surface area contributed by atoms with Crippen molar-refractivity contribution < 1.29 is 4.79 Å². The third-order valence-corrected chi connectivity index (χ3v) is 2.09. The number of aromatic nitrogens is 4. The standard InChI is InChI=1S/C5H8N4OS/c1-9-5(6-7-8-9)11-4-2-3-10/h3H,2,4H2,1H3. The molecule has 1 aromatic rings. The van der Waals surface area contributed by atoms with Crippen LogP contribution < -0.4 is 0 Å². The fourth-order valence-electron chi connectivity index (χ4n) is 0.542. The smallest absolute Gasteiger partial charge is 0.209 e. The Morgan fingerprint density at radius 1 is 1.73 bits per heavy atom. The van der Waals surface area contributed by atoms with Gasteiger partial charge in [0.15, 0.2) is 0 Å². The van der Waals surface area contributed by atoms with Gasteiger partial charge >= 0.3 is 0 Å². The van der Waals surface area contributed by atoms with Crippen LogP contribution in [0.15, 0.2) is 5.16 Å². The molecule has 1 heterocycles. The molecule has 1 aromatic heterocycles. The molecule has 0 aliphatic heterocycles. The highest BCUT2D eigenvalue weighted by atomic mass is 32.2. The van der Waals surface area contributed by atoms with E-state index < -0.39 is 0 Å². The number of aryl methyl sites for hydroxylation is 1. The molecule has 60 valence electrons. The van der Waals surface area contributed by atoms with Gasteiger partial charge in [0.05, 0.1) is 0 Å². The second kappa shape index (κ2) is 4.07. The minimum atomic E-state index is 0.539. The predicted octanol–water partition coefficient (Wildman–Crippen LogP) is -0.109. The van der Waals surface area contributed by atoms with Crippen LogP contribution >= 0.6 is 11.8 Å². The van der Waals surface area contributed by atoms with E-state index in [9.17, 15) is 4.79 Å². The molecule has 5 nitrogen and oxygen atoms in total. The molecule has 6 heteroatoms. The number of nitrogens with zero attached hydrogens (tertiary/aromatic N) is 4. The van der Waals surface area contributed by atoms with Crippen LogP contribution in [0.4, 0.5) is 0 Å². The van der Waals surface area contributed by atoms with Crippen molar-refractivity contribution in [3.05, 3.63) is 0 Å². The van der Waals surface area contributed by atoms with Crippen LogP contribution in [0.3, 0.4) is 0 Å². The summed E-state index contributed by atoms with van der Waals surface area (Å²) in [5, 5.41) is 11.6. The summed E-state index contributed by atoms with van der Waals surface area (Å²) >= 11 is 1.47. The van der Waals surface area contributed by atoms with Crippen molar-refractivity contribution in [3.63, 3.8) is 0 Å². The van der Waals surface area contributed by atoms with Gasteiger partial charge in [-0.1, -0.05) is 11.8 Å². The Kier molecular flexibility index (Phi) is 3.03. The molecule has 11 heavy (non-hydrogen) atoms. The molecule has 0 bridgehead atoms. The summed E-state index contributed by atoms with van der Waals surface area (Å²) in [6.45, 7) is 0. The van der Waals surface area contributed by atoms with Gasteiger partial charge in [0.25, 0.3) is 0 Å². The number of carbonyl (C=O) groups excluding carboxylic acids is 1. The number of thioether (sulfide) groups is 1. The predicted molar refractivity (Wildman–Crippen MR) is 40.2 cm³/mol. The molecule has 0 fully saturated rings. The normalized spacial score (nSPS) is 9.91. The van der Waals surface area contributed by atoms with Crippen LogP contribution in [-0.2, 0) is 11.8 Å². The van der Waals surface area contributed by atoms with E-state index in [4.69, 9.17) is 0 Å². The number of aldehydes is 1. The fourth-order valence-corrected chi connectivity index (χ4v) is 1.26. The highest BCUT2D eigenvalue weighted by Gasteiger charge is 2.00. The van der Waals surface area contributed by atoms with E-state index in [2.05, 4.69) is 15.5 Å². The van der Waals surface area contributed by atoms with Gasteiger partial charge in [0, 0.05) is 19.2 Å². The average molecular weight is 172 g/mol. The Labute approximate surface area is 68.2 Å². The Morgan fingerprint density at radius 2 is 2.55 bits per heavy atom. The maximum atomic E-state index is 9.95. The van der Waals surface area contributed by atoms with Crippen molar-refractivity contribution in [2.45, 2.75) is 11.6 Å². The first-order valence-corrected chi connectivity index (χ1v) is 4.12. The van der Waals surface area contributed by atoms with Crippen LogP contribution in [0, 0.1) is 0 Å². The van der Waals surface area contributed by atoms with E-state index in [0.717, 1.165) is 17.2 Å². The molecule has 0 radical (unpaired) electrons. The second-order valence-corrected chi connectivity index (χ2v) is 2.95. The van der Waals surface area contributed by atoms with Gasteiger partial charge < -0.3 is 4.79 Å². The van der Waals surface area contributed by atoms with Crippen LogP contribution in [0.25, 0.3) is 0 Å². The largest absolute Gasteiger partial charge is 0.303 e. The molecule has 0 unspecified atom stereocenters. The summed E-state index contributed by atoms with van der Waals surface area (Å²) in [7, 11) is 1.77. The maximum Gasteiger partial charge on any atom is 0.209 e.